The van der Waals surface area contributed by atoms with Gasteiger partial charge in [0.25, 0.3) is 0 Å². The van der Waals surface area contributed by atoms with Crippen LogP contribution in [0.5, 0.6) is 0 Å². The molecular weight excluding hydrogens is 242 g/mol. The lowest BCUT2D eigenvalue weighted by atomic mass is 10.1. The highest BCUT2D eigenvalue weighted by Crippen LogP contribution is 2.22. The summed E-state index contributed by atoms with van der Waals surface area (Å²) >= 11 is 1.63. The molecule has 0 amide bonds. The molecule has 0 bridgehead atoms. The number of nitrogens with zero attached hydrogens (tertiary/aromatic N) is 2. The fourth-order valence-corrected chi connectivity index (χ4v) is 2.63. The molecule has 0 aliphatic carbocycles. The van der Waals surface area contributed by atoms with E-state index in [0.717, 1.165) is 22.9 Å². The first-order valence-electron chi connectivity index (χ1n) is 6.36. The van der Waals surface area contributed by atoms with Crippen molar-refractivity contribution in [2.75, 3.05) is 20.1 Å². The Bertz CT molecular complexity index is 358. The van der Waals surface area contributed by atoms with Crippen LogP contribution in [0.15, 0.2) is 40.8 Å². The number of hydrogen-bond acceptors (Lipinski definition) is 4. The molecule has 0 aromatic rings. The van der Waals surface area contributed by atoms with E-state index in [0.29, 0.717) is 19.1 Å². The minimum atomic E-state index is 0.447. The summed E-state index contributed by atoms with van der Waals surface area (Å²) in [4.78, 5) is 7.86. The summed E-state index contributed by atoms with van der Waals surface area (Å²) in [6.45, 7) is 7.64. The van der Waals surface area contributed by atoms with Crippen LogP contribution in [-0.4, -0.2) is 36.2 Å². The van der Waals surface area contributed by atoms with Crippen molar-refractivity contribution >= 4 is 16.9 Å². The summed E-state index contributed by atoms with van der Waals surface area (Å²) in [7, 11) is 2.09. The fraction of sp³-hybridized carbons (Fsp3) is 0.500. The molecule has 0 aromatic carbocycles. The van der Waals surface area contributed by atoms with E-state index in [1.807, 2.05) is 24.3 Å². The van der Waals surface area contributed by atoms with Gasteiger partial charge in [-0.1, -0.05) is 43.5 Å². The number of aliphatic imine (C=N–C) groups is 1. The van der Waals surface area contributed by atoms with Crippen molar-refractivity contribution < 1.29 is 0 Å². The molecule has 1 aliphatic rings. The Hall–Kier alpha value is -1.000. The Labute approximate surface area is 115 Å². The molecule has 0 saturated heterocycles. The van der Waals surface area contributed by atoms with Crippen molar-refractivity contribution in [1.82, 2.24) is 4.90 Å². The van der Waals surface area contributed by atoms with Crippen molar-refractivity contribution in [1.29, 1.82) is 0 Å². The number of amidine groups is 1. The highest BCUT2D eigenvalue weighted by molar-refractivity contribution is 8.17. The Kier molecular flexibility index (Phi) is 6.83. The van der Waals surface area contributed by atoms with E-state index in [4.69, 9.17) is 5.73 Å². The number of rotatable bonds is 4. The average Bonchev–Trinajstić information content (AvgIpc) is 2.47. The topological polar surface area (TPSA) is 41.6 Å². The second-order valence-corrected chi connectivity index (χ2v) is 5.32. The fourth-order valence-electron chi connectivity index (χ4n) is 1.82. The summed E-state index contributed by atoms with van der Waals surface area (Å²) in [5.74, 6) is 0. The zero-order valence-corrected chi connectivity index (χ0v) is 12.1. The van der Waals surface area contributed by atoms with Crippen molar-refractivity contribution in [3.63, 3.8) is 0 Å². The van der Waals surface area contributed by atoms with Gasteiger partial charge in [0.2, 0.25) is 0 Å². The van der Waals surface area contributed by atoms with Gasteiger partial charge < -0.3 is 10.6 Å². The van der Waals surface area contributed by atoms with Crippen molar-refractivity contribution in [2.45, 2.75) is 25.8 Å². The zero-order chi connectivity index (χ0) is 13.4. The standard InChI is InChI=1S/C14H23N3S/c1-4-13(9-10-15)17(3)14-16-11-7-5-6-8-12(2)18-14/h5-8,13H,2,4,9-11,15H2,1,3H3/b7-5-,8-6-,16-14?. The Morgan fingerprint density at radius 1 is 1.56 bits per heavy atom. The number of allylic oxidation sites excluding steroid dienone is 3. The normalized spacial score (nSPS) is 21.3. The Balaban J connectivity index is 2.80. The molecule has 1 aliphatic heterocycles. The molecule has 1 rings (SSSR count). The summed E-state index contributed by atoms with van der Waals surface area (Å²) in [5, 5.41) is 1.02. The van der Waals surface area contributed by atoms with E-state index >= 15 is 0 Å². The summed E-state index contributed by atoms with van der Waals surface area (Å²) in [6, 6.07) is 0.447. The maximum absolute atomic E-state index is 5.67. The van der Waals surface area contributed by atoms with Gasteiger partial charge in [0.05, 0.1) is 6.54 Å². The first kappa shape index (κ1) is 15.1. The summed E-state index contributed by atoms with van der Waals surface area (Å²) in [5.41, 5.74) is 5.67. The van der Waals surface area contributed by atoms with E-state index in [-0.39, 0.29) is 0 Å². The first-order valence-corrected chi connectivity index (χ1v) is 7.18. The van der Waals surface area contributed by atoms with Crippen LogP contribution in [0.3, 0.4) is 0 Å². The van der Waals surface area contributed by atoms with Crippen LogP contribution < -0.4 is 5.73 Å². The quantitative estimate of drug-likeness (QED) is 0.850. The largest absolute Gasteiger partial charge is 0.351 e. The molecule has 1 atom stereocenters. The van der Waals surface area contributed by atoms with Crippen molar-refractivity contribution in [3.05, 3.63) is 35.8 Å². The zero-order valence-electron chi connectivity index (χ0n) is 11.3. The van der Waals surface area contributed by atoms with Crippen molar-refractivity contribution in [2.24, 2.45) is 10.7 Å². The van der Waals surface area contributed by atoms with E-state index in [2.05, 4.69) is 30.4 Å². The smallest absolute Gasteiger partial charge is 0.164 e. The number of thioether (sulfide) groups is 1. The molecular formula is C14H23N3S. The molecule has 3 nitrogen and oxygen atoms in total. The third kappa shape index (κ3) is 4.70. The second-order valence-electron chi connectivity index (χ2n) is 4.23. The van der Waals surface area contributed by atoms with Crippen LogP contribution in [0.4, 0.5) is 0 Å². The van der Waals surface area contributed by atoms with Gasteiger partial charge in [0.15, 0.2) is 5.17 Å². The predicted octanol–water partition coefficient (Wildman–Crippen LogP) is 2.77. The van der Waals surface area contributed by atoms with E-state index in [1.165, 1.54) is 0 Å². The average molecular weight is 265 g/mol. The molecule has 0 saturated carbocycles. The molecule has 0 aromatic heterocycles. The van der Waals surface area contributed by atoms with Gasteiger partial charge in [-0.2, -0.15) is 0 Å². The van der Waals surface area contributed by atoms with Crippen LogP contribution in [0.1, 0.15) is 19.8 Å². The predicted molar refractivity (Wildman–Crippen MR) is 82.8 cm³/mol. The van der Waals surface area contributed by atoms with Gasteiger partial charge >= 0.3 is 0 Å². The van der Waals surface area contributed by atoms with Gasteiger partial charge in [-0.05, 0) is 25.5 Å². The third-order valence-electron chi connectivity index (χ3n) is 2.90. The van der Waals surface area contributed by atoms with Crippen LogP contribution >= 0.6 is 11.8 Å². The van der Waals surface area contributed by atoms with Crippen LogP contribution in [0, 0.1) is 0 Å². The van der Waals surface area contributed by atoms with Gasteiger partial charge in [-0.25, -0.2) is 0 Å². The number of hydrogen-bond donors (Lipinski definition) is 1. The Morgan fingerprint density at radius 2 is 2.33 bits per heavy atom. The summed E-state index contributed by atoms with van der Waals surface area (Å²) < 4.78 is 0. The first-order chi connectivity index (χ1) is 8.69. The molecule has 18 heavy (non-hydrogen) atoms. The molecule has 1 unspecified atom stereocenters. The minimum Gasteiger partial charge on any atom is -0.351 e. The SMILES string of the molecule is C=C1/C=C\C=C/CN=C(N(C)C(CC)CCN)S1. The Morgan fingerprint density at radius 3 is 3.00 bits per heavy atom. The lowest BCUT2D eigenvalue weighted by Gasteiger charge is -2.29. The second kappa shape index (κ2) is 8.16. The van der Waals surface area contributed by atoms with Crippen LogP contribution in [0.25, 0.3) is 0 Å². The molecule has 100 valence electrons. The monoisotopic (exact) mass is 265 g/mol. The molecule has 4 heteroatoms. The van der Waals surface area contributed by atoms with E-state index in [9.17, 15) is 0 Å². The van der Waals surface area contributed by atoms with Gasteiger partial charge in [-0.15, -0.1) is 0 Å². The van der Waals surface area contributed by atoms with E-state index < -0.39 is 0 Å². The van der Waals surface area contributed by atoms with Crippen LogP contribution in [0.2, 0.25) is 0 Å². The van der Waals surface area contributed by atoms with E-state index in [1.54, 1.807) is 11.8 Å². The van der Waals surface area contributed by atoms with Gasteiger partial charge in [0.1, 0.15) is 0 Å². The molecule has 0 radical (unpaired) electrons. The highest BCUT2D eigenvalue weighted by atomic mass is 32.2. The van der Waals surface area contributed by atoms with Crippen LogP contribution in [-0.2, 0) is 0 Å². The molecule has 1 heterocycles. The minimum absolute atomic E-state index is 0.447. The van der Waals surface area contributed by atoms with Gasteiger partial charge in [0, 0.05) is 18.0 Å². The highest BCUT2D eigenvalue weighted by Gasteiger charge is 2.17. The third-order valence-corrected chi connectivity index (χ3v) is 3.90. The molecule has 0 fully saturated rings. The lowest BCUT2D eigenvalue weighted by molar-refractivity contribution is 0.344. The number of nitrogens with two attached hydrogens (primary N) is 1. The maximum atomic E-state index is 5.67. The lowest BCUT2D eigenvalue weighted by Crippen LogP contribution is -2.36. The van der Waals surface area contributed by atoms with Gasteiger partial charge in [-0.3, -0.25) is 4.99 Å². The van der Waals surface area contributed by atoms with Crippen molar-refractivity contribution in [3.8, 4) is 0 Å². The molecule has 0 spiro atoms. The molecule has 2 N–H and O–H groups in total. The maximum Gasteiger partial charge on any atom is 0.164 e. The summed E-state index contributed by atoms with van der Waals surface area (Å²) in [6.07, 6.45) is 10.1.